The van der Waals surface area contributed by atoms with Crippen molar-refractivity contribution in [2.75, 3.05) is 36.4 Å². The fraction of sp³-hybridized carbons (Fsp3) is 0.429. The quantitative estimate of drug-likeness (QED) is 0.659. The summed E-state index contributed by atoms with van der Waals surface area (Å²) in [5, 5.41) is 13.5. The summed E-state index contributed by atoms with van der Waals surface area (Å²) in [6.45, 7) is 8.14. The van der Waals surface area contributed by atoms with E-state index in [9.17, 15) is 18.0 Å². The van der Waals surface area contributed by atoms with Crippen molar-refractivity contribution in [3.8, 4) is 0 Å². The van der Waals surface area contributed by atoms with E-state index < -0.39 is 12.1 Å². The van der Waals surface area contributed by atoms with E-state index in [0.29, 0.717) is 17.5 Å². The van der Waals surface area contributed by atoms with Gasteiger partial charge in [0.15, 0.2) is 0 Å². The normalized spacial score (nSPS) is 19.7. The maximum absolute atomic E-state index is 12.6. The van der Waals surface area contributed by atoms with Gasteiger partial charge in [-0.25, -0.2) is 9.78 Å². The summed E-state index contributed by atoms with van der Waals surface area (Å²) in [6.07, 6.45) is -1.80. The van der Waals surface area contributed by atoms with Crippen molar-refractivity contribution in [1.29, 1.82) is 0 Å². The Bertz CT molecular complexity index is 967. The zero-order valence-corrected chi connectivity index (χ0v) is 17.6. The number of carboxylic acids is 1. The van der Waals surface area contributed by atoms with Crippen LogP contribution in [-0.2, 0) is 4.79 Å². The van der Waals surface area contributed by atoms with Gasteiger partial charge in [-0.2, -0.15) is 13.2 Å². The molecule has 2 aliphatic rings. The maximum Gasteiger partial charge on any atom is 0.490 e. The minimum atomic E-state index is -5.08. The van der Waals surface area contributed by atoms with Gasteiger partial charge in [-0.3, -0.25) is 9.78 Å². The van der Waals surface area contributed by atoms with Crippen molar-refractivity contribution in [3.05, 3.63) is 47.4 Å². The highest BCUT2D eigenvalue weighted by atomic mass is 19.4. The topological polar surface area (TPSA) is 107 Å². The highest BCUT2D eigenvalue weighted by Crippen LogP contribution is 2.29. The van der Waals surface area contributed by atoms with Gasteiger partial charge < -0.3 is 20.6 Å². The second-order valence-corrected chi connectivity index (χ2v) is 7.98. The van der Waals surface area contributed by atoms with Crippen LogP contribution >= 0.6 is 0 Å². The molecular weight excluding hydrogens is 427 g/mol. The van der Waals surface area contributed by atoms with Crippen molar-refractivity contribution in [1.82, 2.24) is 15.3 Å². The average molecular weight is 451 g/mol. The molecule has 1 aromatic heterocycles. The lowest BCUT2D eigenvalue weighted by Gasteiger charge is -2.18. The van der Waals surface area contributed by atoms with Crippen LogP contribution in [0.5, 0.6) is 0 Å². The predicted molar refractivity (Wildman–Crippen MR) is 112 cm³/mol. The number of anilines is 2. The number of carboxylic acid groups (broad SMARTS) is 1. The number of nitrogens with zero attached hydrogens (tertiary/aromatic N) is 3. The first-order valence-corrected chi connectivity index (χ1v) is 10.0. The van der Waals surface area contributed by atoms with Crippen molar-refractivity contribution < 1.29 is 27.9 Å². The molecule has 2 aromatic rings. The third kappa shape index (κ3) is 5.94. The third-order valence-corrected chi connectivity index (χ3v) is 5.29. The van der Waals surface area contributed by atoms with Gasteiger partial charge in [0.25, 0.3) is 5.91 Å². The number of aliphatic carboxylic acids is 1. The van der Waals surface area contributed by atoms with E-state index in [-0.39, 0.29) is 5.91 Å². The molecule has 3 heterocycles. The molecule has 0 radical (unpaired) electrons. The van der Waals surface area contributed by atoms with Crippen molar-refractivity contribution in [3.63, 3.8) is 0 Å². The summed E-state index contributed by atoms with van der Waals surface area (Å²) in [7, 11) is 0. The summed E-state index contributed by atoms with van der Waals surface area (Å²) in [4.78, 5) is 32.5. The number of hydrogen-bond acceptors (Lipinski definition) is 6. The fourth-order valence-corrected chi connectivity index (χ4v) is 3.90. The number of alkyl halides is 3. The van der Waals surface area contributed by atoms with E-state index in [0.717, 1.165) is 48.8 Å². The molecule has 2 fully saturated rings. The minimum Gasteiger partial charge on any atom is -0.475 e. The van der Waals surface area contributed by atoms with Crippen LogP contribution in [0.25, 0.3) is 0 Å². The van der Waals surface area contributed by atoms with Gasteiger partial charge >= 0.3 is 12.1 Å². The number of fused-ring (bicyclic) bond motifs is 1. The second kappa shape index (κ2) is 9.51. The van der Waals surface area contributed by atoms with E-state index in [1.165, 1.54) is 6.20 Å². The van der Waals surface area contributed by atoms with E-state index >= 15 is 0 Å². The number of nitrogens with one attached hydrogen (secondary N) is 2. The molecule has 2 saturated heterocycles. The largest absolute Gasteiger partial charge is 0.490 e. The van der Waals surface area contributed by atoms with Gasteiger partial charge in [-0.05, 0) is 48.9 Å². The standard InChI is InChI=1S/C19H23N5O.C2HF3O2/c1-12-3-13(2)5-16(4-12)22-19(25)17-8-21-9-18(23-17)24-10-14-6-20-7-15(14)11-24;3-2(4,5)1(6)7/h3-5,8-9,14-15,20H,6-7,10-11H2,1-2H3,(H,22,25);(H,6,7)/t14-,15+;. The molecule has 1 aromatic carbocycles. The van der Waals surface area contributed by atoms with Crippen LogP contribution in [0.2, 0.25) is 0 Å². The lowest BCUT2D eigenvalue weighted by molar-refractivity contribution is -0.192. The first-order valence-electron chi connectivity index (χ1n) is 10.0. The molecular formula is C21H24F3N5O3. The highest BCUT2D eigenvalue weighted by Gasteiger charge is 2.38. The van der Waals surface area contributed by atoms with E-state index in [1.54, 1.807) is 6.20 Å². The Morgan fingerprint density at radius 3 is 2.19 bits per heavy atom. The Morgan fingerprint density at radius 1 is 1.09 bits per heavy atom. The number of aryl methyl sites for hydroxylation is 2. The third-order valence-electron chi connectivity index (χ3n) is 5.29. The molecule has 0 unspecified atom stereocenters. The Hall–Kier alpha value is -3.21. The number of benzene rings is 1. The van der Waals surface area contributed by atoms with Crippen molar-refractivity contribution >= 4 is 23.4 Å². The molecule has 8 nitrogen and oxygen atoms in total. The summed E-state index contributed by atoms with van der Waals surface area (Å²) < 4.78 is 31.7. The average Bonchev–Trinajstić information content (AvgIpc) is 3.29. The molecule has 4 rings (SSSR count). The molecule has 3 N–H and O–H groups in total. The number of amides is 1. The number of aromatic nitrogens is 2. The SMILES string of the molecule is Cc1cc(C)cc(NC(=O)c2cncc(N3C[C@H]4CNC[C@H]4C3)n2)c1.O=C(O)C(F)(F)F. The van der Waals surface area contributed by atoms with Gasteiger partial charge in [-0.15, -0.1) is 0 Å². The predicted octanol–water partition coefficient (Wildman–Crippen LogP) is 2.63. The van der Waals surface area contributed by atoms with Crippen LogP contribution in [-0.4, -0.2) is 59.3 Å². The minimum absolute atomic E-state index is 0.222. The maximum atomic E-state index is 12.6. The fourth-order valence-electron chi connectivity index (χ4n) is 3.90. The molecule has 2 atom stereocenters. The number of hydrogen-bond donors (Lipinski definition) is 3. The lowest BCUT2D eigenvalue weighted by Crippen LogP contribution is -2.27. The number of carbonyl (C=O) groups is 2. The van der Waals surface area contributed by atoms with Crippen LogP contribution in [0.1, 0.15) is 21.6 Å². The van der Waals surface area contributed by atoms with E-state index in [4.69, 9.17) is 9.90 Å². The molecule has 0 spiro atoms. The lowest BCUT2D eigenvalue weighted by atomic mass is 10.0. The van der Waals surface area contributed by atoms with Gasteiger partial charge in [-0.1, -0.05) is 6.07 Å². The molecule has 0 bridgehead atoms. The van der Waals surface area contributed by atoms with E-state index in [1.807, 2.05) is 26.0 Å². The summed E-state index contributed by atoms with van der Waals surface area (Å²) in [6, 6.07) is 5.99. The Kier molecular flexibility index (Phi) is 6.97. The molecule has 1 amide bonds. The Balaban J connectivity index is 0.000000360. The van der Waals surface area contributed by atoms with Gasteiger partial charge in [0.1, 0.15) is 11.5 Å². The second-order valence-electron chi connectivity index (χ2n) is 7.98. The molecule has 32 heavy (non-hydrogen) atoms. The highest BCUT2D eigenvalue weighted by molar-refractivity contribution is 6.03. The van der Waals surface area contributed by atoms with Crippen molar-refractivity contribution in [2.45, 2.75) is 20.0 Å². The zero-order chi connectivity index (χ0) is 23.5. The van der Waals surface area contributed by atoms with Gasteiger partial charge in [0.2, 0.25) is 0 Å². The van der Waals surface area contributed by atoms with Crippen LogP contribution in [0.4, 0.5) is 24.7 Å². The van der Waals surface area contributed by atoms with Gasteiger partial charge in [0, 0.05) is 31.9 Å². The van der Waals surface area contributed by atoms with Crippen molar-refractivity contribution in [2.24, 2.45) is 11.8 Å². The molecule has 0 saturated carbocycles. The first kappa shape index (κ1) is 23.5. The summed E-state index contributed by atoms with van der Waals surface area (Å²) in [5.41, 5.74) is 3.38. The smallest absolute Gasteiger partial charge is 0.475 e. The number of halogens is 3. The summed E-state index contributed by atoms with van der Waals surface area (Å²) >= 11 is 0. The Labute approximate surface area is 182 Å². The first-order chi connectivity index (χ1) is 15.0. The summed E-state index contributed by atoms with van der Waals surface area (Å²) in [5.74, 6) is -0.834. The van der Waals surface area contributed by atoms with Gasteiger partial charge in [0.05, 0.1) is 12.4 Å². The Morgan fingerprint density at radius 2 is 1.66 bits per heavy atom. The van der Waals surface area contributed by atoms with Crippen LogP contribution in [0.15, 0.2) is 30.6 Å². The van der Waals surface area contributed by atoms with Crippen LogP contribution in [0, 0.1) is 25.7 Å². The number of carbonyl (C=O) groups excluding carboxylic acids is 1. The molecule has 172 valence electrons. The molecule has 0 aliphatic carbocycles. The molecule has 2 aliphatic heterocycles. The zero-order valence-electron chi connectivity index (χ0n) is 17.6. The number of rotatable bonds is 3. The molecule has 11 heteroatoms. The van der Waals surface area contributed by atoms with Crippen LogP contribution < -0.4 is 15.5 Å². The van der Waals surface area contributed by atoms with E-state index in [2.05, 4.69) is 31.6 Å². The van der Waals surface area contributed by atoms with Crippen LogP contribution in [0.3, 0.4) is 0 Å². The monoisotopic (exact) mass is 451 g/mol.